The van der Waals surface area contributed by atoms with Crippen LogP contribution in [-0.4, -0.2) is 6.29 Å². The van der Waals surface area contributed by atoms with Gasteiger partial charge < -0.3 is 4.79 Å². The Bertz CT molecular complexity index is 340. The maximum atomic E-state index is 9.98. The van der Waals surface area contributed by atoms with E-state index in [-0.39, 0.29) is 0 Å². The van der Waals surface area contributed by atoms with Crippen LogP contribution >= 0.6 is 0 Å². The molecular formula is C15H15O. The van der Waals surface area contributed by atoms with Crippen LogP contribution in [0.3, 0.4) is 0 Å². The number of aldehydes is 1. The topological polar surface area (TPSA) is 17.1 Å². The molecule has 81 valence electrons. The van der Waals surface area contributed by atoms with Gasteiger partial charge in [-0.3, -0.25) is 0 Å². The van der Waals surface area contributed by atoms with Gasteiger partial charge in [-0.2, -0.15) is 0 Å². The molecule has 0 aliphatic rings. The lowest BCUT2D eigenvalue weighted by Gasteiger charge is -1.93. The zero-order valence-corrected chi connectivity index (χ0v) is 9.17. The number of hydrogen-bond acceptors (Lipinski definition) is 1. The van der Waals surface area contributed by atoms with Crippen molar-refractivity contribution < 1.29 is 4.79 Å². The van der Waals surface area contributed by atoms with Gasteiger partial charge in [-0.1, -0.05) is 60.7 Å². The van der Waals surface area contributed by atoms with Crippen molar-refractivity contribution in [1.29, 1.82) is 0 Å². The molecular weight excluding hydrogens is 196 g/mol. The molecule has 0 saturated heterocycles. The van der Waals surface area contributed by atoms with E-state index in [0.29, 0.717) is 6.42 Å². The van der Waals surface area contributed by atoms with E-state index in [1.807, 2.05) is 60.7 Å². The van der Waals surface area contributed by atoms with Crippen LogP contribution in [0.2, 0.25) is 0 Å². The Kier molecular flexibility index (Phi) is 6.41. The largest absolute Gasteiger partial charge is 0.303 e. The molecule has 1 heteroatoms. The van der Waals surface area contributed by atoms with E-state index >= 15 is 0 Å². The maximum absolute atomic E-state index is 9.98. The number of benzene rings is 2. The van der Waals surface area contributed by atoms with Gasteiger partial charge in [0.2, 0.25) is 0 Å². The fourth-order valence-electron chi connectivity index (χ4n) is 1.21. The van der Waals surface area contributed by atoms with Gasteiger partial charge in [0.25, 0.3) is 0 Å². The van der Waals surface area contributed by atoms with Crippen LogP contribution in [0, 0.1) is 6.07 Å². The zero-order chi connectivity index (χ0) is 11.5. The van der Waals surface area contributed by atoms with Crippen LogP contribution < -0.4 is 0 Å². The first-order valence-electron chi connectivity index (χ1n) is 5.32. The van der Waals surface area contributed by atoms with E-state index in [1.165, 1.54) is 5.56 Å². The number of carbonyl (C=O) groups is 1. The van der Waals surface area contributed by atoms with Crippen LogP contribution in [0.4, 0.5) is 0 Å². The molecule has 0 unspecified atom stereocenters. The molecule has 2 aromatic rings. The minimum atomic E-state index is 0.629. The number of rotatable bonds is 3. The molecule has 0 atom stereocenters. The number of hydrogen-bond donors (Lipinski definition) is 0. The van der Waals surface area contributed by atoms with Gasteiger partial charge in [-0.05, 0) is 18.1 Å². The summed E-state index contributed by atoms with van der Waals surface area (Å²) in [4.78, 5) is 9.98. The van der Waals surface area contributed by atoms with Crippen molar-refractivity contribution in [1.82, 2.24) is 0 Å². The van der Waals surface area contributed by atoms with E-state index in [9.17, 15) is 4.79 Å². The highest BCUT2D eigenvalue weighted by Gasteiger charge is 1.87. The lowest BCUT2D eigenvalue weighted by atomic mass is 10.1. The van der Waals surface area contributed by atoms with Crippen molar-refractivity contribution in [3.05, 3.63) is 72.3 Å². The van der Waals surface area contributed by atoms with Crippen LogP contribution in [0.15, 0.2) is 60.7 Å². The third-order valence-corrected chi connectivity index (χ3v) is 2.00. The average Bonchev–Trinajstić information content (AvgIpc) is 2.40. The average molecular weight is 211 g/mol. The van der Waals surface area contributed by atoms with E-state index in [1.54, 1.807) is 0 Å². The lowest BCUT2D eigenvalue weighted by molar-refractivity contribution is -0.107. The van der Waals surface area contributed by atoms with Gasteiger partial charge in [0.15, 0.2) is 0 Å². The molecule has 16 heavy (non-hydrogen) atoms. The number of carbonyl (C=O) groups excluding carboxylic acids is 1. The van der Waals surface area contributed by atoms with Crippen LogP contribution in [-0.2, 0) is 11.2 Å². The molecule has 0 N–H and O–H groups in total. The molecule has 0 aliphatic carbocycles. The highest BCUT2D eigenvalue weighted by molar-refractivity contribution is 5.49. The molecule has 1 radical (unpaired) electrons. The second-order valence-corrected chi connectivity index (χ2v) is 3.27. The van der Waals surface area contributed by atoms with Gasteiger partial charge >= 0.3 is 0 Å². The molecule has 2 aromatic carbocycles. The smallest absolute Gasteiger partial charge is 0.120 e. The quantitative estimate of drug-likeness (QED) is 0.712. The summed E-state index contributed by atoms with van der Waals surface area (Å²) in [6, 6.07) is 22.5. The third kappa shape index (κ3) is 5.76. The van der Waals surface area contributed by atoms with E-state index in [2.05, 4.69) is 6.07 Å². The minimum Gasteiger partial charge on any atom is -0.303 e. The monoisotopic (exact) mass is 211 g/mol. The predicted molar refractivity (Wildman–Crippen MR) is 66.1 cm³/mol. The van der Waals surface area contributed by atoms with Crippen LogP contribution in [0.25, 0.3) is 0 Å². The van der Waals surface area contributed by atoms with Crippen molar-refractivity contribution in [2.75, 3.05) is 0 Å². The Labute approximate surface area is 96.8 Å². The van der Waals surface area contributed by atoms with E-state index < -0.39 is 0 Å². The Morgan fingerprint density at radius 1 is 0.938 bits per heavy atom. The predicted octanol–water partition coefficient (Wildman–Crippen LogP) is 3.30. The number of aryl methyl sites for hydroxylation is 1. The molecule has 0 heterocycles. The molecule has 0 amide bonds. The van der Waals surface area contributed by atoms with Gasteiger partial charge in [-0.15, -0.1) is 0 Å². The van der Waals surface area contributed by atoms with E-state index in [0.717, 1.165) is 12.7 Å². The second-order valence-electron chi connectivity index (χ2n) is 3.27. The van der Waals surface area contributed by atoms with Gasteiger partial charge in [0.1, 0.15) is 6.29 Å². The van der Waals surface area contributed by atoms with Crippen molar-refractivity contribution in [3.63, 3.8) is 0 Å². The fraction of sp³-hybridized carbons (Fsp3) is 0.133. The molecule has 0 spiro atoms. The van der Waals surface area contributed by atoms with Crippen molar-refractivity contribution in [2.45, 2.75) is 12.8 Å². The summed E-state index contributed by atoms with van der Waals surface area (Å²) in [5.74, 6) is 0. The summed E-state index contributed by atoms with van der Waals surface area (Å²) in [6.07, 6.45) is 2.45. The summed E-state index contributed by atoms with van der Waals surface area (Å²) >= 11 is 0. The SMILES string of the molecule is O=CCCc1ccccc1.[c]1ccccc1. The summed E-state index contributed by atoms with van der Waals surface area (Å²) < 4.78 is 0. The fourth-order valence-corrected chi connectivity index (χ4v) is 1.21. The Hall–Kier alpha value is -1.89. The molecule has 0 aliphatic heterocycles. The molecule has 0 bridgehead atoms. The third-order valence-electron chi connectivity index (χ3n) is 2.00. The summed E-state index contributed by atoms with van der Waals surface area (Å²) in [5, 5.41) is 0. The van der Waals surface area contributed by atoms with Crippen molar-refractivity contribution >= 4 is 6.29 Å². The lowest BCUT2D eigenvalue weighted by Crippen LogP contribution is -1.83. The standard InChI is InChI=1S/C9H10O.C6H5/c10-8-4-7-9-5-2-1-3-6-9;1-2-4-6-5-3-1/h1-3,5-6,8H,4,7H2;1-5H. The van der Waals surface area contributed by atoms with Crippen LogP contribution in [0.5, 0.6) is 0 Å². The normalized spacial score (nSPS) is 8.75. The van der Waals surface area contributed by atoms with E-state index in [4.69, 9.17) is 0 Å². The Morgan fingerprint density at radius 2 is 1.56 bits per heavy atom. The van der Waals surface area contributed by atoms with Gasteiger partial charge in [0.05, 0.1) is 0 Å². The first kappa shape index (κ1) is 12.2. The Morgan fingerprint density at radius 3 is 2.00 bits per heavy atom. The van der Waals surface area contributed by atoms with Crippen molar-refractivity contribution in [2.24, 2.45) is 0 Å². The second kappa shape index (κ2) is 8.42. The summed E-state index contributed by atoms with van der Waals surface area (Å²) in [5.41, 5.74) is 1.23. The summed E-state index contributed by atoms with van der Waals surface area (Å²) in [7, 11) is 0. The molecule has 2 rings (SSSR count). The molecule has 0 saturated carbocycles. The first-order chi connectivity index (χ1) is 7.93. The maximum Gasteiger partial charge on any atom is 0.120 e. The first-order valence-corrected chi connectivity index (χ1v) is 5.32. The van der Waals surface area contributed by atoms with Crippen LogP contribution in [0.1, 0.15) is 12.0 Å². The van der Waals surface area contributed by atoms with Gasteiger partial charge in [-0.25, -0.2) is 0 Å². The molecule has 0 fully saturated rings. The highest BCUT2D eigenvalue weighted by atomic mass is 16.1. The zero-order valence-electron chi connectivity index (χ0n) is 9.17. The molecule has 0 aromatic heterocycles. The molecule has 1 nitrogen and oxygen atoms in total. The van der Waals surface area contributed by atoms with Crippen molar-refractivity contribution in [3.8, 4) is 0 Å². The summed E-state index contributed by atoms with van der Waals surface area (Å²) in [6.45, 7) is 0. The van der Waals surface area contributed by atoms with Gasteiger partial charge in [0, 0.05) is 6.42 Å². The minimum absolute atomic E-state index is 0.629. The highest BCUT2D eigenvalue weighted by Crippen LogP contribution is 2.00. The Balaban J connectivity index is 0.000000181.